The predicted molar refractivity (Wildman–Crippen MR) is 263 cm³/mol. The molecule has 0 aliphatic heterocycles. The van der Waals surface area contributed by atoms with Crippen molar-refractivity contribution in [3.8, 4) is 17.2 Å². The van der Waals surface area contributed by atoms with E-state index in [4.69, 9.17) is 4.74 Å². The maximum Gasteiger partial charge on any atom is 0.179 e. The molecular weight excluding hydrogens is 788 g/mol. The number of ether oxygens (including phenoxy) is 1. The van der Waals surface area contributed by atoms with E-state index in [1.165, 1.54) is 26.1 Å². The number of aromatic nitrogens is 1. The van der Waals surface area contributed by atoms with Crippen LogP contribution in [0.3, 0.4) is 0 Å². The maximum absolute atomic E-state index is 14.5. The third-order valence-electron chi connectivity index (χ3n) is 12.2. The molecule has 0 saturated carbocycles. The van der Waals surface area contributed by atoms with Crippen molar-refractivity contribution in [3.05, 3.63) is 255 Å². The Morgan fingerprint density at radius 1 is 0.365 bits per heavy atom. The summed E-state index contributed by atoms with van der Waals surface area (Å²) in [5.74, 6) is 1.29. The largest absolute Gasteiger partial charge is 0.457 e. The van der Waals surface area contributed by atoms with E-state index >= 15 is 0 Å². The lowest BCUT2D eigenvalue weighted by Crippen LogP contribution is -2.74. The first-order valence-electron chi connectivity index (χ1n) is 21.3. The van der Waals surface area contributed by atoms with Gasteiger partial charge in [0.05, 0.1) is 11.0 Å². The van der Waals surface area contributed by atoms with E-state index in [1.54, 1.807) is 12.1 Å². The van der Waals surface area contributed by atoms with Gasteiger partial charge in [0.1, 0.15) is 17.3 Å². The second-order valence-electron chi connectivity index (χ2n) is 15.9. The van der Waals surface area contributed by atoms with Gasteiger partial charge in [-0.05, 0) is 129 Å². The molecule has 0 aliphatic carbocycles. The Balaban J connectivity index is 1.16. The van der Waals surface area contributed by atoms with Crippen molar-refractivity contribution in [2.24, 2.45) is 0 Å². The fourth-order valence-electron chi connectivity index (χ4n) is 9.37. The number of anilines is 3. The van der Waals surface area contributed by atoms with Gasteiger partial charge < -0.3 is 14.2 Å². The molecular formula is C58H41FN2OSi. The molecule has 0 atom stereocenters. The van der Waals surface area contributed by atoms with E-state index in [0.717, 1.165) is 61.4 Å². The fraction of sp³-hybridized carbons (Fsp3) is 0. The Kier molecular flexibility index (Phi) is 9.72. The zero-order valence-corrected chi connectivity index (χ0v) is 35.4. The predicted octanol–water partition coefficient (Wildman–Crippen LogP) is 12.7. The number of benzene rings is 10. The van der Waals surface area contributed by atoms with Gasteiger partial charge in [-0.2, -0.15) is 0 Å². The van der Waals surface area contributed by atoms with Crippen LogP contribution in [0.1, 0.15) is 0 Å². The summed E-state index contributed by atoms with van der Waals surface area (Å²) in [6.45, 7) is 0. The van der Waals surface area contributed by atoms with Gasteiger partial charge in [0.2, 0.25) is 0 Å². The molecule has 0 N–H and O–H groups in total. The summed E-state index contributed by atoms with van der Waals surface area (Å²) in [6, 6.07) is 87.0. The van der Waals surface area contributed by atoms with E-state index < -0.39 is 8.07 Å². The molecule has 3 nitrogen and oxygen atoms in total. The van der Waals surface area contributed by atoms with E-state index in [2.05, 4.69) is 191 Å². The second-order valence-corrected chi connectivity index (χ2v) is 19.7. The normalized spacial score (nSPS) is 11.6. The van der Waals surface area contributed by atoms with Crippen LogP contribution in [-0.2, 0) is 0 Å². The van der Waals surface area contributed by atoms with Crippen molar-refractivity contribution < 1.29 is 9.13 Å². The number of rotatable bonds is 10. The van der Waals surface area contributed by atoms with Gasteiger partial charge >= 0.3 is 0 Å². The maximum atomic E-state index is 14.5. The van der Waals surface area contributed by atoms with Crippen LogP contribution in [0.5, 0.6) is 11.5 Å². The molecule has 1 heterocycles. The van der Waals surface area contributed by atoms with Crippen molar-refractivity contribution in [1.82, 2.24) is 4.57 Å². The van der Waals surface area contributed by atoms with E-state index in [0.29, 0.717) is 0 Å². The number of halogens is 1. The van der Waals surface area contributed by atoms with Crippen LogP contribution in [0.15, 0.2) is 249 Å². The summed E-state index contributed by atoms with van der Waals surface area (Å²) in [6.07, 6.45) is 0. The van der Waals surface area contributed by atoms with Crippen molar-refractivity contribution in [2.75, 3.05) is 4.90 Å². The quantitative estimate of drug-likeness (QED) is 0.101. The summed E-state index contributed by atoms with van der Waals surface area (Å²) in [4.78, 5) is 2.32. The lowest BCUT2D eigenvalue weighted by Gasteiger charge is -2.34. The Labute approximate surface area is 367 Å². The van der Waals surface area contributed by atoms with Crippen LogP contribution in [0, 0.1) is 5.82 Å². The minimum atomic E-state index is -2.86. The van der Waals surface area contributed by atoms with Gasteiger partial charge in [-0.25, -0.2) is 4.39 Å². The lowest BCUT2D eigenvalue weighted by molar-refractivity contribution is 0.483. The minimum absolute atomic E-state index is 0.264. The fourth-order valence-corrected chi connectivity index (χ4v) is 14.1. The van der Waals surface area contributed by atoms with Crippen molar-refractivity contribution in [1.29, 1.82) is 0 Å². The first-order chi connectivity index (χ1) is 31.1. The third kappa shape index (κ3) is 6.85. The first-order valence-corrected chi connectivity index (χ1v) is 23.3. The highest BCUT2D eigenvalue weighted by molar-refractivity contribution is 7.20. The number of hydrogen-bond acceptors (Lipinski definition) is 2. The minimum Gasteiger partial charge on any atom is -0.457 e. The summed E-state index contributed by atoms with van der Waals surface area (Å²) in [5.41, 5.74) is 6.03. The molecule has 11 aromatic rings. The summed E-state index contributed by atoms with van der Waals surface area (Å²) >= 11 is 0. The highest BCUT2D eigenvalue weighted by Gasteiger charge is 2.41. The Morgan fingerprint density at radius 2 is 0.841 bits per heavy atom. The van der Waals surface area contributed by atoms with Gasteiger partial charge in [0.15, 0.2) is 8.07 Å². The van der Waals surface area contributed by atoms with Crippen molar-refractivity contribution in [2.45, 2.75) is 0 Å². The van der Waals surface area contributed by atoms with Crippen LogP contribution in [0.4, 0.5) is 21.5 Å². The number of nitrogens with zero attached hydrogens (tertiary/aromatic N) is 2. The Morgan fingerprint density at radius 3 is 1.46 bits per heavy atom. The summed E-state index contributed by atoms with van der Waals surface area (Å²) in [5, 5.41) is 9.78. The average Bonchev–Trinajstić information content (AvgIpc) is 3.67. The Bertz CT molecular complexity index is 3260. The molecule has 0 fully saturated rings. The lowest BCUT2D eigenvalue weighted by atomic mass is 10.1. The first kappa shape index (κ1) is 38.0. The molecule has 0 radical (unpaired) electrons. The molecule has 1 aromatic heterocycles. The van der Waals surface area contributed by atoms with Crippen molar-refractivity contribution in [3.63, 3.8) is 0 Å². The molecule has 0 spiro atoms. The van der Waals surface area contributed by atoms with Crippen LogP contribution in [0.2, 0.25) is 0 Å². The van der Waals surface area contributed by atoms with E-state index in [9.17, 15) is 4.39 Å². The van der Waals surface area contributed by atoms with Gasteiger partial charge in [-0.1, -0.05) is 152 Å². The molecule has 0 unspecified atom stereocenters. The molecule has 0 bridgehead atoms. The van der Waals surface area contributed by atoms with Crippen LogP contribution in [-0.4, -0.2) is 12.6 Å². The van der Waals surface area contributed by atoms with Crippen LogP contribution >= 0.6 is 0 Å². The molecule has 0 amide bonds. The van der Waals surface area contributed by atoms with Gasteiger partial charge in [-0.15, -0.1) is 0 Å². The zero-order valence-electron chi connectivity index (χ0n) is 34.4. The monoisotopic (exact) mass is 828 g/mol. The number of fused-ring (bicyclic) bond motifs is 4. The van der Waals surface area contributed by atoms with Gasteiger partial charge in [-0.3, -0.25) is 0 Å². The van der Waals surface area contributed by atoms with Crippen LogP contribution in [0.25, 0.3) is 38.3 Å². The number of hydrogen-bond donors (Lipinski definition) is 0. The SMILES string of the molecule is Fc1ccc(-n2c3ccc(N(c4ccc(Oc5ccccc5)cc4)c4ccc5ccccc5c4)cc3c3cc([Si](c4ccccc4)(c4ccccc4)c4ccccc4)ccc32)cc1. The summed E-state index contributed by atoms with van der Waals surface area (Å²) in [7, 11) is -2.86. The molecule has 5 heteroatoms. The standard InChI is InChI=1S/C58H41FN2OSi/c59-44-26-29-46(30-27-44)61-57-37-33-48(60(47-28-25-42-15-13-14-16-43(42)39-47)45-31-34-50(35-32-45)62-49-17-5-1-6-18-49)40-55(57)56-41-54(36-38-58(56)61)63(51-19-7-2-8-20-51,52-21-9-3-10-22-52)53-23-11-4-12-24-53/h1-41H. The molecule has 63 heavy (non-hydrogen) atoms. The van der Waals surface area contributed by atoms with Crippen LogP contribution < -0.4 is 30.4 Å². The molecule has 0 saturated heterocycles. The van der Waals surface area contributed by atoms with E-state index in [1.807, 2.05) is 54.6 Å². The highest BCUT2D eigenvalue weighted by atomic mass is 28.3. The Hall–Kier alpha value is -7.99. The van der Waals surface area contributed by atoms with Gasteiger partial charge in [0.25, 0.3) is 0 Å². The summed E-state index contributed by atoms with van der Waals surface area (Å²) < 4.78 is 23.0. The number of para-hydroxylation sites is 1. The van der Waals surface area contributed by atoms with E-state index in [-0.39, 0.29) is 5.82 Å². The average molecular weight is 829 g/mol. The second kappa shape index (κ2) is 16.1. The molecule has 300 valence electrons. The molecule has 10 aromatic carbocycles. The highest BCUT2D eigenvalue weighted by Crippen LogP contribution is 2.41. The smallest absolute Gasteiger partial charge is 0.179 e. The molecule has 11 rings (SSSR count). The zero-order chi connectivity index (χ0) is 42.2. The topological polar surface area (TPSA) is 17.4 Å². The van der Waals surface area contributed by atoms with Crippen molar-refractivity contribution >= 4 is 78.5 Å². The van der Waals surface area contributed by atoms with Gasteiger partial charge in [0, 0.05) is 33.5 Å². The third-order valence-corrected chi connectivity index (χ3v) is 17.0. The molecule has 0 aliphatic rings.